The van der Waals surface area contributed by atoms with Gasteiger partial charge in [-0.05, 0) is 20.3 Å². The second-order valence-corrected chi connectivity index (χ2v) is 9.28. The Morgan fingerprint density at radius 1 is 1.45 bits per heavy atom. The van der Waals surface area contributed by atoms with E-state index in [0.29, 0.717) is 30.3 Å². The fraction of sp³-hybridized carbons (Fsp3) is 0.737. The Kier molecular flexibility index (Phi) is 6.57. The van der Waals surface area contributed by atoms with E-state index in [0.717, 1.165) is 0 Å². The summed E-state index contributed by atoms with van der Waals surface area (Å²) in [5.41, 5.74) is 0.0347. The van der Waals surface area contributed by atoms with Crippen LogP contribution in [0, 0.1) is 17.2 Å². The number of amides is 1. The van der Waals surface area contributed by atoms with Gasteiger partial charge in [-0.25, -0.2) is 4.79 Å². The molecule has 2 fully saturated rings. The number of fused-ring (bicyclic) bond motifs is 1. The Morgan fingerprint density at radius 3 is 2.69 bits per heavy atom. The quantitative estimate of drug-likeness (QED) is 0.188. The molecule has 0 aromatic rings. The fourth-order valence-electron chi connectivity index (χ4n) is 4.67. The number of aliphatic hydroxyl groups is 2. The van der Waals surface area contributed by atoms with Gasteiger partial charge in [-0.15, -0.1) is 11.8 Å². The largest absolute Gasteiger partial charge is 0.477 e. The lowest BCUT2D eigenvalue weighted by molar-refractivity contribution is -0.163. The molecule has 10 heteroatoms. The van der Waals surface area contributed by atoms with Gasteiger partial charge in [0.2, 0.25) is 5.91 Å². The molecule has 3 heterocycles. The predicted molar refractivity (Wildman–Crippen MR) is 107 cm³/mol. The Labute approximate surface area is 174 Å². The SMILES string of the molecule is CC(=N)N1C[C@@H](SC2=C(C(=O)O)N3C(=O)[C@H]([C@@H](C)O)[C@H]3[C@H]2C)C[C@H]1COCCO. The first-order valence-electron chi connectivity index (χ1n) is 9.84. The van der Waals surface area contributed by atoms with Crippen molar-refractivity contribution in [2.75, 3.05) is 26.4 Å². The zero-order valence-electron chi connectivity index (χ0n) is 16.9. The van der Waals surface area contributed by atoms with Crippen LogP contribution in [0.3, 0.4) is 0 Å². The van der Waals surface area contributed by atoms with E-state index in [2.05, 4.69) is 0 Å². The third-order valence-electron chi connectivity index (χ3n) is 5.96. The Morgan fingerprint density at radius 2 is 2.14 bits per heavy atom. The van der Waals surface area contributed by atoms with Crippen molar-refractivity contribution in [2.45, 2.75) is 50.6 Å². The lowest BCUT2D eigenvalue weighted by Crippen LogP contribution is -2.63. The summed E-state index contributed by atoms with van der Waals surface area (Å²) in [4.78, 5) is 28.3. The first kappa shape index (κ1) is 22.1. The number of ether oxygens (including phenoxy) is 1. The molecule has 0 aromatic heterocycles. The maximum Gasteiger partial charge on any atom is 0.353 e. The van der Waals surface area contributed by atoms with Crippen LogP contribution in [-0.2, 0) is 14.3 Å². The molecule has 0 aliphatic carbocycles. The van der Waals surface area contributed by atoms with Gasteiger partial charge in [0.1, 0.15) is 5.70 Å². The molecule has 3 rings (SSSR count). The molecule has 4 N–H and O–H groups in total. The van der Waals surface area contributed by atoms with E-state index >= 15 is 0 Å². The summed E-state index contributed by atoms with van der Waals surface area (Å²) in [6.45, 7) is 6.36. The molecule has 162 valence electrons. The molecule has 6 atom stereocenters. The number of carboxylic acids is 1. The average molecular weight is 428 g/mol. The van der Waals surface area contributed by atoms with E-state index in [-0.39, 0.29) is 48.1 Å². The molecule has 1 amide bonds. The number of carbonyl (C=O) groups excluding carboxylic acids is 1. The third-order valence-corrected chi connectivity index (χ3v) is 7.45. The van der Waals surface area contributed by atoms with Crippen LogP contribution in [0.5, 0.6) is 0 Å². The van der Waals surface area contributed by atoms with E-state index < -0.39 is 18.0 Å². The molecule has 2 saturated heterocycles. The predicted octanol–water partition coefficient (Wildman–Crippen LogP) is 0.322. The summed E-state index contributed by atoms with van der Waals surface area (Å²) in [6, 6.07) is -0.326. The fourth-order valence-corrected chi connectivity index (χ4v) is 6.23. The second-order valence-electron chi connectivity index (χ2n) is 7.94. The molecule has 0 saturated carbocycles. The Balaban J connectivity index is 1.77. The minimum absolute atomic E-state index is 0.00832. The summed E-state index contributed by atoms with van der Waals surface area (Å²) in [6.07, 6.45) is -0.102. The highest BCUT2D eigenvalue weighted by atomic mass is 32.2. The number of carboxylic acid groups (broad SMARTS) is 1. The lowest BCUT2D eigenvalue weighted by atomic mass is 9.79. The number of rotatable bonds is 8. The highest BCUT2D eigenvalue weighted by Crippen LogP contribution is 2.52. The van der Waals surface area contributed by atoms with Crippen molar-refractivity contribution in [3.05, 3.63) is 10.6 Å². The topological polar surface area (TPSA) is 134 Å². The summed E-state index contributed by atoms with van der Waals surface area (Å²) in [5, 5.41) is 36.7. The standard InChI is InChI=1S/C19H29N3O6S/c1-9-15-14(10(2)24)18(25)22(15)16(19(26)27)17(9)29-13-6-12(8-28-5-4-23)21(7-13)11(3)20/h9-10,12-15,20,23-24H,4-8H2,1-3H3,(H,26,27)/t9-,10-,12+,13+,14-,15-/m1/s1. The minimum Gasteiger partial charge on any atom is -0.477 e. The van der Waals surface area contributed by atoms with Gasteiger partial charge in [0.15, 0.2) is 0 Å². The van der Waals surface area contributed by atoms with Crippen LogP contribution < -0.4 is 0 Å². The van der Waals surface area contributed by atoms with E-state index in [4.69, 9.17) is 15.3 Å². The van der Waals surface area contributed by atoms with E-state index in [1.807, 2.05) is 11.8 Å². The normalized spacial score (nSPS) is 32.4. The zero-order valence-corrected chi connectivity index (χ0v) is 17.7. The van der Waals surface area contributed by atoms with Crippen LogP contribution in [0.4, 0.5) is 0 Å². The maximum atomic E-state index is 12.5. The maximum absolute atomic E-state index is 12.5. The van der Waals surface area contributed by atoms with Crippen molar-refractivity contribution >= 4 is 29.5 Å². The summed E-state index contributed by atoms with van der Waals surface area (Å²) < 4.78 is 5.46. The van der Waals surface area contributed by atoms with Gasteiger partial charge in [0, 0.05) is 22.6 Å². The molecule has 3 aliphatic rings. The first-order chi connectivity index (χ1) is 13.7. The van der Waals surface area contributed by atoms with Gasteiger partial charge in [0.05, 0.1) is 49.8 Å². The van der Waals surface area contributed by atoms with Crippen LogP contribution >= 0.6 is 11.8 Å². The number of carbonyl (C=O) groups is 2. The highest BCUT2D eigenvalue weighted by molar-refractivity contribution is 8.03. The van der Waals surface area contributed by atoms with Gasteiger partial charge in [0.25, 0.3) is 0 Å². The Hall–Kier alpha value is -1.62. The van der Waals surface area contributed by atoms with Gasteiger partial charge in [-0.3, -0.25) is 10.2 Å². The molecular formula is C19H29N3O6S. The number of nitrogens with zero attached hydrogens (tertiary/aromatic N) is 2. The minimum atomic E-state index is -1.12. The molecule has 0 unspecified atom stereocenters. The molecule has 29 heavy (non-hydrogen) atoms. The van der Waals surface area contributed by atoms with Gasteiger partial charge in [-0.1, -0.05) is 6.92 Å². The summed E-state index contributed by atoms with van der Waals surface area (Å²) in [5.74, 6) is -1.77. The number of β-lactam (4-membered cyclic amide) rings is 1. The van der Waals surface area contributed by atoms with Gasteiger partial charge < -0.3 is 29.9 Å². The second kappa shape index (κ2) is 8.63. The van der Waals surface area contributed by atoms with E-state index in [9.17, 15) is 19.8 Å². The van der Waals surface area contributed by atoms with Crippen LogP contribution in [-0.4, -0.2) is 92.6 Å². The molecule has 9 nitrogen and oxygen atoms in total. The lowest BCUT2D eigenvalue weighted by Gasteiger charge is -2.46. The molecule has 3 aliphatic heterocycles. The van der Waals surface area contributed by atoms with Crippen molar-refractivity contribution in [1.29, 1.82) is 5.41 Å². The number of aliphatic hydroxyl groups excluding tert-OH is 2. The molecule has 0 bridgehead atoms. The number of aliphatic carboxylic acids is 1. The van der Waals surface area contributed by atoms with Crippen molar-refractivity contribution in [3.63, 3.8) is 0 Å². The van der Waals surface area contributed by atoms with E-state index in [1.54, 1.807) is 13.8 Å². The number of amidine groups is 1. The highest BCUT2D eigenvalue weighted by Gasteiger charge is 2.60. The Bertz CT molecular complexity index is 727. The number of hydrogen-bond acceptors (Lipinski definition) is 7. The summed E-state index contributed by atoms with van der Waals surface area (Å²) >= 11 is 1.47. The molecule has 0 aromatic carbocycles. The van der Waals surface area contributed by atoms with Crippen LogP contribution in [0.1, 0.15) is 27.2 Å². The van der Waals surface area contributed by atoms with Crippen molar-refractivity contribution in [2.24, 2.45) is 11.8 Å². The molecule has 0 spiro atoms. The number of likely N-dealkylation sites (tertiary alicyclic amines) is 1. The van der Waals surface area contributed by atoms with Gasteiger partial charge >= 0.3 is 5.97 Å². The van der Waals surface area contributed by atoms with Crippen molar-refractivity contribution in [3.8, 4) is 0 Å². The molecular weight excluding hydrogens is 398 g/mol. The monoisotopic (exact) mass is 427 g/mol. The number of nitrogens with one attached hydrogen (secondary N) is 1. The van der Waals surface area contributed by atoms with Gasteiger partial charge in [-0.2, -0.15) is 0 Å². The molecule has 0 radical (unpaired) electrons. The van der Waals surface area contributed by atoms with Crippen LogP contribution in [0.15, 0.2) is 10.6 Å². The zero-order chi connectivity index (χ0) is 21.5. The smallest absolute Gasteiger partial charge is 0.353 e. The first-order valence-corrected chi connectivity index (χ1v) is 10.7. The number of hydrogen-bond donors (Lipinski definition) is 4. The van der Waals surface area contributed by atoms with Crippen LogP contribution in [0.2, 0.25) is 0 Å². The number of thioether (sulfide) groups is 1. The van der Waals surface area contributed by atoms with Crippen molar-refractivity contribution in [1.82, 2.24) is 9.80 Å². The van der Waals surface area contributed by atoms with Crippen molar-refractivity contribution < 1.29 is 29.6 Å². The average Bonchev–Trinajstić information content (AvgIpc) is 3.14. The van der Waals surface area contributed by atoms with E-state index in [1.165, 1.54) is 16.7 Å². The summed E-state index contributed by atoms with van der Waals surface area (Å²) in [7, 11) is 0. The van der Waals surface area contributed by atoms with Crippen LogP contribution in [0.25, 0.3) is 0 Å². The third kappa shape index (κ3) is 3.90.